The second kappa shape index (κ2) is 10.1. The highest BCUT2D eigenvalue weighted by Crippen LogP contribution is 2.28. The Balaban J connectivity index is 1.61. The van der Waals surface area contributed by atoms with E-state index in [0.29, 0.717) is 19.1 Å². The molecule has 2 aliphatic rings. The van der Waals surface area contributed by atoms with Crippen molar-refractivity contribution in [3.63, 3.8) is 0 Å². The van der Waals surface area contributed by atoms with Crippen LogP contribution < -0.4 is 10.2 Å². The monoisotopic (exact) mass is 374 g/mol. The Labute approximate surface area is 163 Å². The Morgan fingerprint density at radius 1 is 1.15 bits per heavy atom. The first-order valence-electron chi connectivity index (χ1n) is 10.4. The molecule has 0 aromatic heterocycles. The SMILES string of the molecule is CC(=O)N(CCCN1CCCCC1)c1ccccc1NC1CCN(O)CC1. The van der Waals surface area contributed by atoms with Crippen molar-refractivity contribution in [3.8, 4) is 0 Å². The number of carbonyl (C=O) groups excluding carboxylic acids is 1. The topological polar surface area (TPSA) is 59.1 Å². The number of para-hydroxylation sites is 2. The summed E-state index contributed by atoms with van der Waals surface area (Å²) in [5.74, 6) is 0.0908. The van der Waals surface area contributed by atoms with Crippen LogP contribution in [-0.2, 0) is 4.79 Å². The molecule has 150 valence electrons. The van der Waals surface area contributed by atoms with Gasteiger partial charge >= 0.3 is 0 Å². The van der Waals surface area contributed by atoms with Gasteiger partial charge in [0.05, 0.1) is 11.4 Å². The second-order valence-corrected chi connectivity index (χ2v) is 7.82. The van der Waals surface area contributed by atoms with Crippen LogP contribution in [0.5, 0.6) is 0 Å². The average Bonchev–Trinajstić information content (AvgIpc) is 2.68. The van der Waals surface area contributed by atoms with Crippen molar-refractivity contribution in [2.75, 3.05) is 49.5 Å². The maximum Gasteiger partial charge on any atom is 0.223 e. The molecule has 27 heavy (non-hydrogen) atoms. The van der Waals surface area contributed by atoms with Crippen LogP contribution in [0.4, 0.5) is 11.4 Å². The summed E-state index contributed by atoms with van der Waals surface area (Å²) < 4.78 is 0. The summed E-state index contributed by atoms with van der Waals surface area (Å²) in [7, 11) is 0. The van der Waals surface area contributed by atoms with Crippen LogP contribution in [0.2, 0.25) is 0 Å². The molecule has 2 saturated heterocycles. The molecule has 1 amide bonds. The van der Waals surface area contributed by atoms with Gasteiger partial charge in [0.25, 0.3) is 0 Å². The average molecular weight is 375 g/mol. The largest absolute Gasteiger partial charge is 0.381 e. The number of nitrogens with zero attached hydrogens (tertiary/aromatic N) is 3. The summed E-state index contributed by atoms with van der Waals surface area (Å²) in [5, 5.41) is 14.5. The van der Waals surface area contributed by atoms with Gasteiger partial charge < -0.3 is 20.3 Å². The second-order valence-electron chi connectivity index (χ2n) is 7.82. The van der Waals surface area contributed by atoms with E-state index in [1.807, 2.05) is 23.1 Å². The Bertz CT molecular complexity index is 596. The first-order valence-corrected chi connectivity index (χ1v) is 10.4. The van der Waals surface area contributed by atoms with E-state index < -0.39 is 0 Å². The van der Waals surface area contributed by atoms with Crippen molar-refractivity contribution < 1.29 is 10.0 Å². The highest BCUT2D eigenvalue weighted by Gasteiger charge is 2.21. The maximum absolute atomic E-state index is 12.4. The van der Waals surface area contributed by atoms with Gasteiger partial charge in [-0.15, -0.1) is 0 Å². The molecule has 6 heteroatoms. The lowest BCUT2D eigenvalue weighted by Gasteiger charge is -2.31. The molecule has 0 unspecified atom stereocenters. The molecule has 2 fully saturated rings. The lowest BCUT2D eigenvalue weighted by molar-refractivity contribution is -0.116. The highest BCUT2D eigenvalue weighted by molar-refractivity contribution is 5.95. The van der Waals surface area contributed by atoms with Crippen molar-refractivity contribution in [3.05, 3.63) is 24.3 Å². The van der Waals surface area contributed by atoms with Crippen LogP contribution in [0.3, 0.4) is 0 Å². The first-order chi connectivity index (χ1) is 13.1. The van der Waals surface area contributed by atoms with Gasteiger partial charge in [-0.3, -0.25) is 4.79 Å². The molecule has 1 aromatic rings. The smallest absolute Gasteiger partial charge is 0.223 e. The molecule has 1 aromatic carbocycles. The van der Waals surface area contributed by atoms with E-state index in [1.165, 1.54) is 37.4 Å². The molecular weight excluding hydrogens is 340 g/mol. The molecule has 0 spiro atoms. The van der Waals surface area contributed by atoms with Crippen molar-refractivity contribution in [1.82, 2.24) is 9.96 Å². The molecule has 0 saturated carbocycles. The number of hydroxylamine groups is 2. The molecule has 3 rings (SSSR count). The zero-order valence-electron chi connectivity index (χ0n) is 16.6. The fraction of sp³-hybridized carbons (Fsp3) is 0.667. The molecule has 6 nitrogen and oxygen atoms in total. The summed E-state index contributed by atoms with van der Waals surface area (Å²) in [6, 6.07) is 8.43. The Morgan fingerprint density at radius 2 is 1.85 bits per heavy atom. The Kier molecular flexibility index (Phi) is 7.50. The van der Waals surface area contributed by atoms with Gasteiger partial charge in [-0.25, -0.2) is 0 Å². The van der Waals surface area contributed by atoms with Gasteiger partial charge in [0, 0.05) is 32.6 Å². The van der Waals surface area contributed by atoms with Crippen LogP contribution in [0, 0.1) is 0 Å². The molecule has 0 bridgehead atoms. The number of carbonyl (C=O) groups is 1. The number of hydrogen-bond donors (Lipinski definition) is 2. The zero-order valence-corrected chi connectivity index (χ0v) is 16.6. The van der Waals surface area contributed by atoms with E-state index in [0.717, 1.165) is 43.7 Å². The van der Waals surface area contributed by atoms with Gasteiger partial charge in [0.2, 0.25) is 5.91 Å². The molecule has 0 atom stereocenters. The third-order valence-corrected chi connectivity index (χ3v) is 5.71. The molecule has 0 aliphatic carbocycles. The number of nitrogens with one attached hydrogen (secondary N) is 1. The summed E-state index contributed by atoms with van der Waals surface area (Å²) in [6.07, 6.45) is 6.76. The van der Waals surface area contributed by atoms with Crippen LogP contribution in [0.15, 0.2) is 24.3 Å². The predicted molar refractivity (Wildman–Crippen MR) is 109 cm³/mol. The Hall–Kier alpha value is -1.63. The first kappa shape index (κ1) is 20.1. The van der Waals surface area contributed by atoms with Gasteiger partial charge in [-0.1, -0.05) is 18.6 Å². The number of hydrogen-bond acceptors (Lipinski definition) is 5. The summed E-state index contributed by atoms with van der Waals surface area (Å²) in [4.78, 5) is 16.8. The van der Waals surface area contributed by atoms with E-state index >= 15 is 0 Å². The number of rotatable bonds is 7. The molecule has 2 aliphatic heterocycles. The van der Waals surface area contributed by atoms with Crippen LogP contribution in [-0.4, -0.2) is 66.4 Å². The van der Waals surface area contributed by atoms with Crippen molar-refractivity contribution in [2.24, 2.45) is 0 Å². The normalized spacial score (nSPS) is 19.8. The standard InChI is InChI=1S/C21H34N4O2/c1-18(26)25(15-7-14-23-12-5-2-6-13-23)21-9-4-3-8-20(21)22-19-10-16-24(27)17-11-19/h3-4,8-9,19,22,27H,2,5-7,10-17H2,1H3. The molecule has 2 N–H and O–H groups in total. The lowest BCUT2D eigenvalue weighted by atomic mass is 10.1. The van der Waals surface area contributed by atoms with Crippen LogP contribution in [0.25, 0.3) is 0 Å². The number of anilines is 2. The molecule has 2 heterocycles. The fourth-order valence-electron chi connectivity index (χ4n) is 4.14. The third-order valence-electron chi connectivity index (χ3n) is 5.71. The van der Waals surface area contributed by atoms with Crippen LogP contribution in [0.1, 0.15) is 45.4 Å². The van der Waals surface area contributed by atoms with Crippen LogP contribution >= 0.6 is 0 Å². The van der Waals surface area contributed by atoms with Gasteiger partial charge in [0.15, 0.2) is 0 Å². The van der Waals surface area contributed by atoms with E-state index in [-0.39, 0.29) is 5.91 Å². The third kappa shape index (κ3) is 5.92. The van der Waals surface area contributed by atoms with Crippen molar-refractivity contribution >= 4 is 17.3 Å². The highest BCUT2D eigenvalue weighted by atomic mass is 16.5. The molecule has 0 radical (unpaired) electrons. The minimum Gasteiger partial charge on any atom is -0.381 e. The van der Waals surface area contributed by atoms with Crippen molar-refractivity contribution in [2.45, 2.75) is 51.5 Å². The quantitative estimate of drug-likeness (QED) is 0.768. The zero-order chi connectivity index (χ0) is 19.1. The summed E-state index contributed by atoms with van der Waals surface area (Å²) >= 11 is 0. The van der Waals surface area contributed by atoms with Gasteiger partial charge in [-0.2, -0.15) is 5.06 Å². The summed E-state index contributed by atoms with van der Waals surface area (Å²) in [6.45, 7) is 7.23. The Morgan fingerprint density at radius 3 is 2.56 bits per heavy atom. The molecular formula is C21H34N4O2. The van der Waals surface area contributed by atoms with E-state index in [9.17, 15) is 10.0 Å². The lowest BCUT2D eigenvalue weighted by Crippen LogP contribution is -2.38. The maximum atomic E-state index is 12.4. The number of piperidine rings is 2. The van der Waals surface area contributed by atoms with E-state index in [2.05, 4.69) is 16.3 Å². The summed E-state index contributed by atoms with van der Waals surface area (Å²) in [5.41, 5.74) is 1.98. The van der Waals surface area contributed by atoms with Gasteiger partial charge in [0.1, 0.15) is 0 Å². The van der Waals surface area contributed by atoms with Crippen molar-refractivity contribution in [1.29, 1.82) is 0 Å². The minimum absolute atomic E-state index is 0.0908. The minimum atomic E-state index is 0.0908. The number of benzene rings is 1. The van der Waals surface area contributed by atoms with E-state index in [1.54, 1.807) is 6.92 Å². The fourth-order valence-corrected chi connectivity index (χ4v) is 4.14. The predicted octanol–water partition coefficient (Wildman–Crippen LogP) is 3.18. The number of likely N-dealkylation sites (tertiary alicyclic amines) is 1. The van der Waals surface area contributed by atoms with Gasteiger partial charge in [-0.05, 0) is 63.9 Å². The van der Waals surface area contributed by atoms with E-state index in [4.69, 9.17) is 0 Å². The number of amides is 1.